The highest BCUT2D eigenvalue weighted by atomic mass is 16.5. The number of hydrogen-bond acceptors (Lipinski definition) is 5. The highest BCUT2D eigenvalue weighted by molar-refractivity contribution is 6.09. The third-order valence-electron chi connectivity index (χ3n) is 7.12. The Balaban J connectivity index is 1.11. The maximum Gasteiger partial charge on any atom is 0.311 e. The molecule has 2 aromatic carbocycles. The minimum Gasteiger partial charge on any atom is -0.427 e. The number of aliphatic hydroxyl groups excluding tert-OH is 1. The van der Waals surface area contributed by atoms with Crippen LogP contribution in [0.5, 0.6) is 5.75 Å². The summed E-state index contributed by atoms with van der Waals surface area (Å²) in [5.74, 6) is 5.93. The first-order chi connectivity index (χ1) is 15.9. The summed E-state index contributed by atoms with van der Waals surface area (Å²) < 4.78 is 5.42. The van der Waals surface area contributed by atoms with Gasteiger partial charge in [-0.1, -0.05) is 53.8 Å². The van der Waals surface area contributed by atoms with E-state index in [1.54, 1.807) is 36.4 Å². The third-order valence-corrected chi connectivity index (χ3v) is 7.12. The zero-order valence-corrected chi connectivity index (χ0v) is 18.2. The number of aliphatic hydroxyl groups is 2. The Bertz CT molecular complexity index is 1140. The summed E-state index contributed by atoms with van der Waals surface area (Å²) in [5, 5.41) is 20.7. The van der Waals surface area contributed by atoms with Crippen molar-refractivity contribution in [2.75, 3.05) is 0 Å². The maximum absolute atomic E-state index is 12.5. The summed E-state index contributed by atoms with van der Waals surface area (Å²) in [5.41, 5.74) is 1.32. The number of rotatable bonds is 7. The smallest absolute Gasteiger partial charge is 0.311 e. The fraction of sp³-hybridized carbons (Fsp3) is 0.357. The molecule has 3 aliphatic rings. The lowest BCUT2D eigenvalue weighted by Gasteiger charge is -2.51. The van der Waals surface area contributed by atoms with Gasteiger partial charge in [-0.05, 0) is 61.8 Å². The van der Waals surface area contributed by atoms with E-state index in [4.69, 9.17) is 4.74 Å². The van der Waals surface area contributed by atoms with E-state index in [2.05, 4.69) is 17.9 Å². The predicted octanol–water partition coefficient (Wildman–Crippen LogP) is 3.68. The molecule has 168 valence electrons. The molecule has 2 aromatic rings. The van der Waals surface area contributed by atoms with Crippen molar-refractivity contribution in [2.24, 2.45) is 17.8 Å². The van der Waals surface area contributed by atoms with Crippen LogP contribution in [0.2, 0.25) is 0 Å². The molecule has 2 N–H and O–H groups in total. The minimum absolute atomic E-state index is 0.0725. The van der Waals surface area contributed by atoms with Gasteiger partial charge in [-0.3, -0.25) is 9.59 Å². The second-order valence-electron chi connectivity index (χ2n) is 9.17. The second-order valence-corrected chi connectivity index (χ2v) is 9.17. The molecule has 4 atom stereocenters. The molecule has 0 radical (unpaired) electrons. The molecule has 0 heterocycles. The Labute approximate surface area is 193 Å². The van der Waals surface area contributed by atoms with Crippen molar-refractivity contribution in [2.45, 2.75) is 43.8 Å². The summed E-state index contributed by atoms with van der Waals surface area (Å²) >= 11 is 0. The van der Waals surface area contributed by atoms with Gasteiger partial charge in [0.2, 0.25) is 0 Å². The number of esters is 1. The summed E-state index contributed by atoms with van der Waals surface area (Å²) in [7, 11) is 0. The van der Waals surface area contributed by atoms with Crippen molar-refractivity contribution in [1.82, 2.24) is 0 Å². The van der Waals surface area contributed by atoms with Crippen LogP contribution in [0, 0.1) is 29.6 Å². The normalized spacial score (nSPS) is 27.5. The lowest BCUT2D eigenvalue weighted by Crippen LogP contribution is -2.52. The Morgan fingerprint density at radius 1 is 1.03 bits per heavy atom. The van der Waals surface area contributed by atoms with Crippen LogP contribution in [0.4, 0.5) is 0 Å². The van der Waals surface area contributed by atoms with Crippen LogP contribution < -0.4 is 4.74 Å². The fourth-order valence-electron chi connectivity index (χ4n) is 5.31. The highest BCUT2D eigenvalue weighted by Crippen LogP contribution is 2.55. The average molecular weight is 443 g/mol. The Kier molecular flexibility index (Phi) is 5.65. The van der Waals surface area contributed by atoms with Gasteiger partial charge in [0.15, 0.2) is 11.4 Å². The van der Waals surface area contributed by atoms with E-state index in [0.717, 1.165) is 12.8 Å². The topological polar surface area (TPSA) is 83.8 Å². The molecule has 0 amide bonds. The zero-order chi connectivity index (χ0) is 23.0. The molecule has 5 rings (SSSR count). The largest absolute Gasteiger partial charge is 0.427 e. The van der Waals surface area contributed by atoms with E-state index in [1.807, 2.05) is 18.2 Å². The standard InChI is InChI=1S/C28H26O5/c29-24-14-13-22-20(17-23(22)26(24)28(32)15-16-28)7-4-8-25(30)33-21-11-9-19(10-12-21)27(31)18-5-2-1-3-6-18/h1-3,5-7,9-12,22-24,26,29,32H,4,8,13-14,17H2/t22-,23+,24-,26+/m0/s1. The van der Waals surface area contributed by atoms with Crippen molar-refractivity contribution in [3.05, 3.63) is 77.4 Å². The monoisotopic (exact) mass is 442 g/mol. The summed E-state index contributed by atoms with van der Waals surface area (Å²) in [6.07, 6.45) is 4.87. The Morgan fingerprint density at radius 3 is 2.42 bits per heavy atom. The van der Waals surface area contributed by atoms with Gasteiger partial charge in [0.1, 0.15) is 5.75 Å². The Morgan fingerprint density at radius 2 is 1.73 bits per heavy atom. The number of ketones is 1. The van der Waals surface area contributed by atoms with Crippen molar-refractivity contribution < 1.29 is 24.5 Å². The summed E-state index contributed by atoms with van der Waals surface area (Å²) in [6, 6.07) is 15.7. The van der Waals surface area contributed by atoms with E-state index < -0.39 is 11.7 Å². The van der Waals surface area contributed by atoms with Crippen LogP contribution >= 0.6 is 0 Å². The zero-order valence-electron chi connectivity index (χ0n) is 18.2. The molecule has 0 aromatic heterocycles. The lowest BCUT2D eigenvalue weighted by atomic mass is 9.54. The molecule has 3 aliphatic carbocycles. The fourth-order valence-corrected chi connectivity index (χ4v) is 5.31. The van der Waals surface area contributed by atoms with Crippen molar-refractivity contribution in [3.8, 4) is 17.6 Å². The van der Waals surface area contributed by atoms with Gasteiger partial charge in [0.05, 0.1) is 6.10 Å². The lowest BCUT2D eigenvalue weighted by molar-refractivity contribution is -0.134. The predicted molar refractivity (Wildman–Crippen MR) is 122 cm³/mol. The number of hydrogen-bond donors (Lipinski definition) is 2. The second kappa shape index (κ2) is 8.62. The molecule has 0 spiro atoms. The van der Waals surface area contributed by atoms with Gasteiger partial charge >= 0.3 is 5.97 Å². The molecule has 0 saturated heterocycles. The highest BCUT2D eigenvalue weighted by Gasteiger charge is 2.56. The quantitative estimate of drug-likeness (QED) is 0.225. The van der Waals surface area contributed by atoms with E-state index in [1.165, 1.54) is 5.57 Å². The van der Waals surface area contributed by atoms with Gasteiger partial charge in [-0.2, -0.15) is 0 Å². The molecule has 0 unspecified atom stereocenters. The molecule has 0 bridgehead atoms. The number of carbonyl (C=O) groups is 2. The first-order valence-electron chi connectivity index (χ1n) is 11.5. The molecule has 2 saturated carbocycles. The molecule has 5 nitrogen and oxygen atoms in total. The van der Waals surface area contributed by atoms with Crippen LogP contribution in [0.3, 0.4) is 0 Å². The van der Waals surface area contributed by atoms with Gasteiger partial charge < -0.3 is 14.9 Å². The van der Waals surface area contributed by atoms with Crippen LogP contribution in [-0.2, 0) is 4.79 Å². The van der Waals surface area contributed by atoms with Gasteiger partial charge in [-0.15, -0.1) is 0 Å². The summed E-state index contributed by atoms with van der Waals surface area (Å²) in [6.45, 7) is 0. The number of allylic oxidation sites excluding steroid dienone is 2. The number of carbonyl (C=O) groups excluding carboxylic acids is 2. The van der Waals surface area contributed by atoms with Crippen LogP contribution in [0.25, 0.3) is 0 Å². The average Bonchev–Trinajstić information content (AvgIpc) is 3.55. The van der Waals surface area contributed by atoms with Crippen molar-refractivity contribution in [3.63, 3.8) is 0 Å². The van der Waals surface area contributed by atoms with Crippen molar-refractivity contribution in [1.29, 1.82) is 0 Å². The van der Waals surface area contributed by atoms with E-state index in [0.29, 0.717) is 35.6 Å². The van der Waals surface area contributed by atoms with Gasteiger partial charge in [0, 0.05) is 23.5 Å². The number of ether oxygens (including phenoxy) is 1. The number of fused-ring (bicyclic) bond motifs is 1. The van der Waals surface area contributed by atoms with E-state index in [9.17, 15) is 19.8 Å². The van der Waals surface area contributed by atoms with Gasteiger partial charge in [0.25, 0.3) is 0 Å². The van der Waals surface area contributed by atoms with Crippen LogP contribution in [0.15, 0.2) is 66.2 Å². The molecular weight excluding hydrogens is 416 g/mol. The molecule has 2 fully saturated rings. The van der Waals surface area contributed by atoms with E-state index >= 15 is 0 Å². The molecule has 33 heavy (non-hydrogen) atoms. The first-order valence-corrected chi connectivity index (χ1v) is 11.5. The van der Waals surface area contributed by atoms with Crippen LogP contribution in [-0.4, -0.2) is 33.7 Å². The minimum atomic E-state index is -1.14. The molecule has 0 aliphatic heterocycles. The molecule has 5 heteroatoms. The molecular formula is C28H26O5. The van der Waals surface area contributed by atoms with Gasteiger partial charge in [-0.25, -0.2) is 0 Å². The van der Waals surface area contributed by atoms with Crippen LogP contribution in [0.1, 0.15) is 48.0 Å². The first kappa shape index (κ1) is 21.6. The van der Waals surface area contributed by atoms with E-state index in [-0.39, 0.29) is 30.0 Å². The number of benzene rings is 2. The third kappa shape index (κ3) is 4.37. The maximum atomic E-state index is 12.5. The van der Waals surface area contributed by atoms with Crippen molar-refractivity contribution >= 4 is 11.8 Å². The Hall–Kier alpha value is -3.20. The summed E-state index contributed by atoms with van der Waals surface area (Å²) in [4.78, 5) is 24.7. The SMILES string of the molecule is O=C(CCC=C1C[C@H]2[C@@H](C3(O)C#C3)[C@@H](O)CC[C@@H]12)Oc1ccc(C(=O)c2ccccc2)cc1.